The minimum absolute atomic E-state index is 0.00606. The van der Waals surface area contributed by atoms with Crippen LogP contribution in [0.15, 0.2) is 22.8 Å². The fourth-order valence-electron chi connectivity index (χ4n) is 3.14. The first kappa shape index (κ1) is 12.8. The molecule has 0 saturated carbocycles. The summed E-state index contributed by atoms with van der Waals surface area (Å²) in [6, 6.07) is 3.01. The van der Waals surface area contributed by atoms with Crippen LogP contribution in [0.3, 0.4) is 0 Å². The zero-order chi connectivity index (χ0) is 14.4. The van der Waals surface area contributed by atoms with Gasteiger partial charge in [-0.3, -0.25) is 0 Å². The van der Waals surface area contributed by atoms with Crippen LogP contribution in [0.1, 0.15) is 18.7 Å². The van der Waals surface area contributed by atoms with E-state index in [1.54, 1.807) is 31.3 Å². The summed E-state index contributed by atoms with van der Waals surface area (Å²) >= 11 is 0. The molecule has 2 aliphatic rings. The second kappa shape index (κ2) is 4.43. The molecule has 0 spiro atoms. The van der Waals surface area contributed by atoms with Gasteiger partial charge >= 0.3 is 12.1 Å². The van der Waals surface area contributed by atoms with Crippen molar-refractivity contribution in [1.82, 2.24) is 20.4 Å². The van der Waals surface area contributed by atoms with Crippen LogP contribution >= 0.6 is 0 Å². The summed E-state index contributed by atoms with van der Waals surface area (Å²) in [5, 5.41) is 5.80. The lowest BCUT2D eigenvalue weighted by Crippen LogP contribution is -2.71. The molecule has 7 heteroatoms. The van der Waals surface area contributed by atoms with Crippen LogP contribution in [-0.4, -0.2) is 48.2 Å². The first-order valence-electron chi connectivity index (χ1n) is 6.60. The zero-order valence-electron chi connectivity index (χ0n) is 11.7. The molecule has 0 aliphatic carbocycles. The zero-order valence-corrected chi connectivity index (χ0v) is 11.7. The van der Waals surface area contributed by atoms with E-state index < -0.39 is 0 Å². The van der Waals surface area contributed by atoms with E-state index in [1.165, 1.54) is 4.90 Å². The summed E-state index contributed by atoms with van der Waals surface area (Å²) in [7, 11) is 3.42. The Kier molecular flexibility index (Phi) is 2.84. The van der Waals surface area contributed by atoms with Gasteiger partial charge in [0.25, 0.3) is 0 Å². The van der Waals surface area contributed by atoms with Crippen LogP contribution in [0, 0.1) is 5.92 Å². The predicted molar refractivity (Wildman–Crippen MR) is 70.8 cm³/mol. The Morgan fingerprint density at radius 1 is 1.15 bits per heavy atom. The number of rotatable bonds is 1. The first-order chi connectivity index (χ1) is 9.50. The van der Waals surface area contributed by atoms with E-state index in [4.69, 9.17) is 4.42 Å². The molecule has 4 amide bonds. The van der Waals surface area contributed by atoms with E-state index in [-0.39, 0.29) is 36.2 Å². The molecule has 2 aliphatic heterocycles. The maximum Gasteiger partial charge on any atom is 0.319 e. The molecule has 7 nitrogen and oxygen atoms in total. The Hall–Kier alpha value is -2.18. The molecule has 3 heterocycles. The summed E-state index contributed by atoms with van der Waals surface area (Å²) in [5.41, 5.74) is 0. The molecular weight excluding hydrogens is 260 g/mol. The van der Waals surface area contributed by atoms with Gasteiger partial charge in [-0.25, -0.2) is 9.59 Å². The van der Waals surface area contributed by atoms with Gasteiger partial charge in [0.15, 0.2) is 0 Å². The molecule has 20 heavy (non-hydrogen) atoms. The molecule has 1 aromatic heterocycles. The molecule has 0 bridgehead atoms. The monoisotopic (exact) mass is 278 g/mol. The average Bonchev–Trinajstić information content (AvgIpc) is 2.92. The van der Waals surface area contributed by atoms with E-state index in [0.717, 1.165) is 5.76 Å². The summed E-state index contributed by atoms with van der Waals surface area (Å²) in [5.74, 6) is 0.736. The van der Waals surface area contributed by atoms with Crippen LogP contribution in [0.5, 0.6) is 0 Å². The number of hydrogen-bond donors (Lipinski definition) is 2. The molecule has 2 fully saturated rings. The number of amides is 4. The minimum atomic E-state index is -0.336. The van der Waals surface area contributed by atoms with E-state index in [2.05, 4.69) is 10.6 Å². The number of furan rings is 1. The molecular formula is C13H18N4O3. The number of hydrogen-bond acceptors (Lipinski definition) is 3. The van der Waals surface area contributed by atoms with Gasteiger partial charge in [-0.1, -0.05) is 0 Å². The molecule has 108 valence electrons. The van der Waals surface area contributed by atoms with Crippen LogP contribution in [0.4, 0.5) is 9.59 Å². The quantitative estimate of drug-likeness (QED) is 0.803. The number of urea groups is 2. The Bertz CT molecular complexity index is 530. The molecule has 4 atom stereocenters. The lowest BCUT2D eigenvalue weighted by molar-refractivity contribution is 0.0175. The third-order valence-electron chi connectivity index (χ3n) is 4.24. The van der Waals surface area contributed by atoms with Gasteiger partial charge in [-0.05, 0) is 19.1 Å². The number of fused-ring (bicyclic) bond motifs is 1. The Morgan fingerprint density at radius 2 is 1.85 bits per heavy atom. The first-order valence-corrected chi connectivity index (χ1v) is 6.60. The lowest BCUT2D eigenvalue weighted by Gasteiger charge is -2.51. The van der Waals surface area contributed by atoms with Gasteiger partial charge in [0, 0.05) is 26.1 Å². The molecule has 3 rings (SSSR count). The van der Waals surface area contributed by atoms with Crippen LogP contribution in [0.25, 0.3) is 0 Å². The lowest BCUT2D eigenvalue weighted by atomic mass is 9.83. The second-order valence-electron chi connectivity index (χ2n) is 5.39. The van der Waals surface area contributed by atoms with Crippen molar-refractivity contribution in [1.29, 1.82) is 0 Å². The predicted octanol–water partition coefficient (Wildman–Crippen LogP) is 0.961. The largest absolute Gasteiger partial charge is 0.467 e. The van der Waals surface area contributed by atoms with Crippen molar-refractivity contribution in [3.05, 3.63) is 24.2 Å². The molecule has 0 aromatic carbocycles. The van der Waals surface area contributed by atoms with Gasteiger partial charge < -0.3 is 24.9 Å². The summed E-state index contributed by atoms with van der Waals surface area (Å²) in [6.07, 6.45) is 1.26. The summed E-state index contributed by atoms with van der Waals surface area (Å²) in [4.78, 5) is 27.2. The van der Waals surface area contributed by atoms with Crippen molar-refractivity contribution in [2.75, 3.05) is 14.1 Å². The maximum absolute atomic E-state index is 12.1. The highest BCUT2D eigenvalue weighted by Gasteiger charge is 2.50. The van der Waals surface area contributed by atoms with E-state index >= 15 is 0 Å². The number of nitrogens with zero attached hydrogens (tertiary/aromatic N) is 2. The van der Waals surface area contributed by atoms with Gasteiger partial charge in [-0.2, -0.15) is 0 Å². The number of carbonyl (C=O) groups is 2. The Labute approximate surface area is 116 Å². The Morgan fingerprint density at radius 3 is 2.50 bits per heavy atom. The van der Waals surface area contributed by atoms with Crippen molar-refractivity contribution < 1.29 is 14.0 Å². The van der Waals surface area contributed by atoms with Gasteiger partial charge in [-0.15, -0.1) is 0 Å². The normalized spacial score (nSPS) is 33.5. The number of nitrogens with one attached hydrogen (secondary N) is 2. The van der Waals surface area contributed by atoms with E-state index in [0.29, 0.717) is 0 Å². The smallest absolute Gasteiger partial charge is 0.319 e. The summed E-state index contributed by atoms with van der Waals surface area (Å²) in [6.45, 7) is 1.95. The highest BCUT2D eigenvalue weighted by atomic mass is 16.3. The molecule has 2 saturated heterocycles. The third kappa shape index (κ3) is 1.73. The highest BCUT2D eigenvalue weighted by Crippen LogP contribution is 2.38. The highest BCUT2D eigenvalue weighted by molar-refractivity contribution is 5.80. The molecule has 0 unspecified atom stereocenters. The SMILES string of the molecule is C[C@H]1NC(=O)N(C)[C@@H]2NC(=O)N(C)[C@@H](c3ccco3)[C@@H]21. The van der Waals surface area contributed by atoms with Crippen LogP contribution in [0.2, 0.25) is 0 Å². The van der Waals surface area contributed by atoms with Gasteiger partial charge in [0.2, 0.25) is 0 Å². The second-order valence-corrected chi connectivity index (χ2v) is 5.39. The van der Waals surface area contributed by atoms with Crippen LogP contribution < -0.4 is 10.6 Å². The molecule has 0 radical (unpaired) electrons. The Balaban J connectivity index is 2.02. The maximum atomic E-state index is 12.1. The number of carbonyl (C=O) groups excluding carboxylic acids is 2. The average molecular weight is 278 g/mol. The fourth-order valence-corrected chi connectivity index (χ4v) is 3.14. The van der Waals surface area contributed by atoms with Crippen molar-refractivity contribution in [2.45, 2.75) is 25.2 Å². The third-order valence-corrected chi connectivity index (χ3v) is 4.24. The van der Waals surface area contributed by atoms with Crippen molar-refractivity contribution in [3.63, 3.8) is 0 Å². The topological polar surface area (TPSA) is 77.8 Å². The minimum Gasteiger partial charge on any atom is -0.467 e. The van der Waals surface area contributed by atoms with Gasteiger partial charge in [0.05, 0.1) is 12.3 Å². The molecule has 2 N–H and O–H groups in total. The molecule has 1 aromatic rings. The van der Waals surface area contributed by atoms with Crippen molar-refractivity contribution >= 4 is 12.1 Å². The fraction of sp³-hybridized carbons (Fsp3) is 0.538. The summed E-state index contributed by atoms with van der Waals surface area (Å²) < 4.78 is 5.50. The van der Waals surface area contributed by atoms with E-state index in [1.807, 2.05) is 13.0 Å². The van der Waals surface area contributed by atoms with E-state index in [9.17, 15) is 9.59 Å². The van der Waals surface area contributed by atoms with Crippen molar-refractivity contribution in [3.8, 4) is 0 Å². The van der Waals surface area contributed by atoms with Crippen LogP contribution in [-0.2, 0) is 0 Å². The van der Waals surface area contributed by atoms with Crippen molar-refractivity contribution in [2.24, 2.45) is 5.92 Å². The van der Waals surface area contributed by atoms with Gasteiger partial charge in [0.1, 0.15) is 11.9 Å². The standard InChI is InChI=1S/C13H18N4O3/c1-7-9-10(8-5-4-6-20-8)16(2)13(19)15-11(9)17(3)12(18)14-7/h4-7,9-11H,1-3H3,(H,14,18)(H,15,19)/t7-,9+,10+,11+/m1/s1.